The van der Waals surface area contributed by atoms with Gasteiger partial charge in [0.05, 0.1) is 0 Å². The van der Waals surface area contributed by atoms with Crippen LogP contribution in [0.15, 0.2) is 30.3 Å². The molecule has 0 fully saturated rings. The highest BCUT2D eigenvalue weighted by molar-refractivity contribution is 5.94. The Balaban J connectivity index is 2.59. The summed E-state index contributed by atoms with van der Waals surface area (Å²) >= 11 is 0. The molecule has 0 unspecified atom stereocenters. The Morgan fingerprint density at radius 1 is 1.14 bits per heavy atom. The molecule has 0 spiro atoms. The number of rotatable bonds is 7. The summed E-state index contributed by atoms with van der Waals surface area (Å²) in [5.74, 6) is -2.96. The molecule has 1 atom stereocenters. The Hall–Kier alpha value is -2.83. The van der Waals surface area contributed by atoms with Crippen molar-refractivity contribution in [1.82, 2.24) is 5.32 Å². The monoisotopic (exact) mass is 293 g/mol. The van der Waals surface area contributed by atoms with Crippen LogP contribution in [0.3, 0.4) is 0 Å². The zero-order valence-corrected chi connectivity index (χ0v) is 11.0. The van der Waals surface area contributed by atoms with Crippen molar-refractivity contribution < 1.29 is 29.7 Å². The lowest BCUT2D eigenvalue weighted by Gasteiger charge is -2.11. The first kappa shape index (κ1) is 16.2. The van der Waals surface area contributed by atoms with Crippen molar-refractivity contribution in [3.05, 3.63) is 35.9 Å². The van der Waals surface area contributed by atoms with E-state index in [1.807, 2.05) is 0 Å². The quantitative estimate of drug-likeness (QED) is 0.552. The average Bonchev–Trinajstić information content (AvgIpc) is 2.42. The number of nitrogens with one attached hydrogen (secondary N) is 1. The van der Waals surface area contributed by atoms with E-state index in [2.05, 4.69) is 5.32 Å². The van der Waals surface area contributed by atoms with Crippen LogP contribution in [0.1, 0.15) is 18.4 Å². The van der Waals surface area contributed by atoms with Crippen molar-refractivity contribution in [3.8, 4) is 5.75 Å². The molecule has 0 saturated carbocycles. The van der Waals surface area contributed by atoms with Crippen molar-refractivity contribution in [2.24, 2.45) is 0 Å². The minimum Gasteiger partial charge on any atom is -0.508 e. The van der Waals surface area contributed by atoms with Crippen LogP contribution in [-0.2, 0) is 14.4 Å². The third-order valence-electron chi connectivity index (χ3n) is 2.58. The first-order valence-corrected chi connectivity index (χ1v) is 6.10. The lowest BCUT2D eigenvalue weighted by atomic mass is 10.1. The number of phenolic OH excluding ortho intramolecular Hbond substituents is 1. The Morgan fingerprint density at radius 2 is 1.76 bits per heavy atom. The molecule has 0 bridgehead atoms. The van der Waals surface area contributed by atoms with E-state index in [1.54, 1.807) is 12.1 Å². The molecule has 4 N–H and O–H groups in total. The second-order valence-electron chi connectivity index (χ2n) is 4.26. The van der Waals surface area contributed by atoms with Gasteiger partial charge in [-0.05, 0) is 30.2 Å². The van der Waals surface area contributed by atoms with E-state index in [4.69, 9.17) is 15.3 Å². The predicted molar refractivity (Wildman–Crippen MR) is 73.6 cm³/mol. The number of carboxylic acid groups (broad SMARTS) is 2. The molecule has 7 nitrogen and oxygen atoms in total. The maximum atomic E-state index is 11.6. The van der Waals surface area contributed by atoms with Crippen LogP contribution in [0.25, 0.3) is 6.08 Å². The summed E-state index contributed by atoms with van der Waals surface area (Å²) in [4.78, 5) is 32.9. The molecular weight excluding hydrogens is 278 g/mol. The van der Waals surface area contributed by atoms with Gasteiger partial charge in [-0.25, -0.2) is 4.79 Å². The van der Waals surface area contributed by atoms with Gasteiger partial charge in [-0.2, -0.15) is 0 Å². The first-order chi connectivity index (χ1) is 9.88. The van der Waals surface area contributed by atoms with Gasteiger partial charge in [0.2, 0.25) is 5.91 Å². The smallest absolute Gasteiger partial charge is 0.326 e. The van der Waals surface area contributed by atoms with E-state index in [0.717, 1.165) is 6.08 Å². The fourth-order valence-electron chi connectivity index (χ4n) is 1.50. The number of carbonyl (C=O) groups excluding carboxylic acids is 1. The number of hydrogen-bond donors (Lipinski definition) is 4. The van der Waals surface area contributed by atoms with Crippen LogP contribution in [0.5, 0.6) is 5.75 Å². The molecule has 7 heteroatoms. The molecule has 0 heterocycles. The normalized spacial score (nSPS) is 12.0. The lowest BCUT2D eigenvalue weighted by molar-refractivity contribution is -0.142. The van der Waals surface area contributed by atoms with E-state index < -0.39 is 23.9 Å². The molecule has 21 heavy (non-hydrogen) atoms. The Kier molecular flexibility index (Phi) is 5.94. The summed E-state index contributed by atoms with van der Waals surface area (Å²) in [5.41, 5.74) is 0.653. The SMILES string of the molecule is O=C(O)CC[C@H](NC(=O)C=Cc1ccc(O)cc1)C(=O)O. The molecule has 0 saturated heterocycles. The highest BCUT2D eigenvalue weighted by atomic mass is 16.4. The lowest BCUT2D eigenvalue weighted by Crippen LogP contribution is -2.40. The summed E-state index contributed by atoms with van der Waals surface area (Å²) in [6.45, 7) is 0. The fraction of sp³-hybridized carbons (Fsp3) is 0.214. The Bertz CT molecular complexity index is 549. The number of hydrogen-bond acceptors (Lipinski definition) is 4. The minimum atomic E-state index is -1.29. The Labute approximate surface area is 120 Å². The molecule has 0 aliphatic carbocycles. The molecular formula is C14H15NO6. The van der Waals surface area contributed by atoms with Gasteiger partial charge in [0.15, 0.2) is 0 Å². The van der Waals surface area contributed by atoms with Crippen LogP contribution in [0.4, 0.5) is 0 Å². The molecule has 0 aliphatic rings. The topological polar surface area (TPSA) is 124 Å². The third-order valence-corrected chi connectivity index (χ3v) is 2.58. The Morgan fingerprint density at radius 3 is 2.29 bits per heavy atom. The summed E-state index contributed by atoms with van der Waals surface area (Å²) < 4.78 is 0. The van der Waals surface area contributed by atoms with Crippen LogP contribution in [-0.4, -0.2) is 39.2 Å². The molecule has 1 aromatic rings. The summed E-state index contributed by atoms with van der Waals surface area (Å²) in [6, 6.07) is 4.81. The van der Waals surface area contributed by atoms with Gasteiger partial charge in [-0.15, -0.1) is 0 Å². The largest absolute Gasteiger partial charge is 0.508 e. The van der Waals surface area contributed by atoms with E-state index in [9.17, 15) is 14.4 Å². The van der Waals surface area contributed by atoms with Crippen LogP contribution in [0.2, 0.25) is 0 Å². The number of aromatic hydroxyl groups is 1. The molecule has 1 rings (SSSR count). The standard InChI is InChI=1S/C14H15NO6/c16-10-4-1-9(2-5-10)3-7-12(17)15-11(14(20)21)6-8-13(18)19/h1-5,7,11,16H,6,8H2,(H,15,17)(H,18,19)(H,20,21)/t11-/m0/s1. The zero-order valence-electron chi connectivity index (χ0n) is 11.0. The third kappa shape index (κ3) is 6.24. The second-order valence-corrected chi connectivity index (χ2v) is 4.26. The zero-order chi connectivity index (χ0) is 15.8. The number of aliphatic carboxylic acids is 2. The van der Waals surface area contributed by atoms with Crippen molar-refractivity contribution in [1.29, 1.82) is 0 Å². The number of carboxylic acids is 2. The minimum absolute atomic E-state index is 0.0937. The molecule has 1 amide bonds. The molecule has 1 aromatic carbocycles. The average molecular weight is 293 g/mol. The summed E-state index contributed by atoms with van der Waals surface area (Å²) in [6.07, 6.45) is 2.05. The van der Waals surface area contributed by atoms with E-state index >= 15 is 0 Å². The van der Waals surface area contributed by atoms with Gasteiger partial charge in [0.1, 0.15) is 11.8 Å². The van der Waals surface area contributed by atoms with Crippen LogP contribution in [0, 0.1) is 0 Å². The van der Waals surface area contributed by atoms with E-state index in [1.165, 1.54) is 18.2 Å². The van der Waals surface area contributed by atoms with Gasteiger partial charge in [-0.3, -0.25) is 9.59 Å². The summed E-state index contributed by atoms with van der Waals surface area (Å²) in [7, 11) is 0. The van der Waals surface area contributed by atoms with E-state index in [-0.39, 0.29) is 18.6 Å². The van der Waals surface area contributed by atoms with Crippen molar-refractivity contribution in [3.63, 3.8) is 0 Å². The van der Waals surface area contributed by atoms with Gasteiger partial charge >= 0.3 is 11.9 Å². The van der Waals surface area contributed by atoms with E-state index in [0.29, 0.717) is 5.56 Å². The summed E-state index contributed by atoms with van der Waals surface area (Å²) in [5, 5.41) is 28.7. The van der Waals surface area contributed by atoms with Crippen molar-refractivity contribution in [2.75, 3.05) is 0 Å². The number of carbonyl (C=O) groups is 3. The number of phenols is 1. The number of benzene rings is 1. The molecule has 0 aromatic heterocycles. The predicted octanol–water partition coefficient (Wildman–Crippen LogP) is 0.840. The first-order valence-electron chi connectivity index (χ1n) is 6.10. The van der Waals surface area contributed by atoms with Gasteiger partial charge in [-0.1, -0.05) is 12.1 Å². The fourth-order valence-corrected chi connectivity index (χ4v) is 1.50. The molecule has 0 radical (unpaired) electrons. The van der Waals surface area contributed by atoms with Gasteiger partial charge in [0.25, 0.3) is 0 Å². The molecule has 0 aliphatic heterocycles. The number of amides is 1. The van der Waals surface area contributed by atoms with Crippen LogP contribution >= 0.6 is 0 Å². The van der Waals surface area contributed by atoms with Gasteiger partial charge in [0, 0.05) is 12.5 Å². The van der Waals surface area contributed by atoms with Crippen LogP contribution < -0.4 is 5.32 Å². The highest BCUT2D eigenvalue weighted by Gasteiger charge is 2.19. The molecule has 112 valence electrons. The van der Waals surface area contributed by atoms with Gasteiger partial charge < -0.3 is 20.6 Å². The maximum Gasteiger partial charge on any atom is 0.326 e. The van der Waals surface area contributed by atoms with Crippen molar-refractivity contribution >= 4 is 23.9 Å². The second kappa shape index (κ2) is 7.68. The maximum absolute atomic E-state index is 11.6. The highest BCUT2D eigenvalue weighted by Crippen LogP contribution is 2.10. The van der Waals surface area contributed by atoms with Crippen molar-refractivity contribution in [2.45, 2.75) is 18.9 Å².